The first kappa shape index (κ1) is 25.1. The molecule has 3 aliphatic heterocycles. The number of nitrogens with one attached hydrogen (secondary N) is 1. The summed E-state index contributed by atoms with van der Waals surface area (Å²) in [6.45, 7) is 5.31. The lowest BCUT2D eigenvalue weighted by molar-refractivity contribution is -0.133. The molecule has 2 amide bonds. The van der Waals surface area contributed by atoms with E-state index >= 15 is 0 Å². The van der Waals surface area contributed by atoms with Crippen LogP contribution in [0.2, 0.25) is 0 Å². The molecule has 0 aromatic heterocycles. The highest BCUT2D eigenvalue weighted by Gasteiger charge is 2.27. The zero-order valence-corrected chi connectivity index (χ0v) is 21.0. The fourth-order valence-corrected chi connectivity index (χ4v) is 6.31. The summed E-state index contributed by atoms with van der Waals surface area (Å²) >= 11 is 0. The Bertz CT molecular complexity index is 967. The van der Waals surface area contributed by atoms with Crippen LogP contribution in [0.5, 0.6) is 0 Å². The molecule has 0 spiro atoms. The Morgan fingerprint density at radius 2 is 1.47 bits per heavy atom. The number of sulfonamides is 1. The minimum absolute atomic E-state index is 0.0557. The van der Waals surface area contributed by atoms with E-state index in [4.69, 9.17) is 0 Å². The van der Waals surface area contributed by atoms with Gasteiger partial charge in [-0.3, -0.25) is 9.59 Å². The molecule has 2 fully saturated rings. The number of nitrogens with zero attached hydrogens (tertiary/aromatic N) is 3. The Morgan fingerprint density at radius 3 is 2.21 bits per heavy atom. The lowest BCUT2D eigenvalue weighted by Crippen LogP contribution is -2.37. The van der Waals surface area contributed by atoms with Crippen molar-refractivity contribution < 1.29 is 18.0 Å². The van der Waals surface area contributed by atoms with Crippen molar-refractivity contribution in [3.63, 3.8) is 0 Å². The molecule has 0 radical (unpaired) electrons. The molecular weight excluding hydrogens is 452 g/mol. The van der Waals surface area contributed by atoms with Crippen LogP contribution < -0.4 is 9.62 Å². The van der Waals surface area contributed by atoms with E-state index in [1.807, 2.05) is 4.90 Å². The van der Waals surface area contributed by atoms with Crippen molar-refractivity contribution in [1.29, 1.82) is 0 Å². The number of piperidine rings is 1. The van der Waals surface area contributed by atoms with Gasteiger partial charge >= 0.3 is 0 Å². The molecule has 0 atom stereocenters. The van der Waals surface area contributed by atoms with E-state index in [1.165, 1.54) is 32.1 Å². The van der Waals surface area contributed by atoms with Gasteiger partial charge in [0, 0.05) is 51.3 Å². The Balaban J connectivity index is 1.30. The van der Waals surface area contributed by atoms with E-state index < -0.39 is 10.0 Å². The number of amides is 2. The maximum absolute atomic E-state index is 12.8. The van der Waals surface area contributed by atoms with Crippen LogP contribution in [0.15, 0.2) is 23.1 Å². The Labute approximate surface area is 203 Å². The largest absolute Gasteiger partial charge is 0.343 e. The van der Waals surface area contributed by atoms with Gasteiger partial charge in [0.05, 0.1) is 4.90 Å². The SMILES string of the molecule is O=C(CCC(=O)N1CCc2cc(S(=O)(=O)NCCN3CCCCCC3)ccc21)N1CCCCC1. The molecule has 188 valence electrons. The van der Waals surface area contributed by atoms with Gasteiger partial charge in [-0.1, -0.05) is 12.8 Å². The molecule has 1 aromatic carbocycles. The Hall–Kier alpha value is -1.97. The summed E-state index contributed by atoms with van der Waals surface area (Å²) in [5.74, 6) is -0.0181. The van der Waals surface area contributed by atoms with Crippen LogP contribution in [0.25, 0.3) is 0 Å². The highest BCUT2D eigenvalue weighted by atomic mass is 32.2. The third-order valence-corrected chi connectivity index (χ3v) is 8.70. The molecule has 3 heterocycles. The first-order valence-electron chi connectivity index (χ1n) is 12.9. The summed E-state index contributed by atoms with van der Waals surface area (Å²) in [6.07, 6.45) is 9.16. The standard InChI is InChI=1S/C25H38N4O4S/c30-24(28-16-6-3-7-17-28)10-11-25(31)29-18-12-21-20-22(8-9-23(21)29)34(32,33)26-13-19-27-14-4-1-2-5-15-27/h8-9,20,26H,1-7,10-19H2. The molecule has 1 N–H and O–H groups in total. The summed E-state index contributed by atoms with van der Waals surface area (Å²) in [5, 5.41) is 0. The first-order chi connectivity index (χ1) is 16.4. The van der Waals surface area contributed by atoms with Crippen molar-refractivity contribution >= 4 is 27.5 Å². The monoisotopic (exact) mass is 490 g/mol. The Kier molecular flexibility index (Phi) is 8.60. The first-order valence-corrected chi connectivity index (χ1v) is 14.4. The van der Waals surface area contributed by atoms with E-state index in [2.05, 4.69) is 9.62 Å². The van der Waals surface area contributed by atoms with Gasteiger partial charge in [0.15, 0.2) is 0 Å². The number of rotatable bonds is 8. The number of hydrogen-bond donors (Lipinski definition) is 1. The van der Waals surface area contributed by atoms with Gasteiger partial charge in [0.1, 0.15) is 0 Å². The predicted octanol–water partition coefficient (Wildman–Crippen LogP) is 2.52. The number of anilines is 1. The molecule has 2 saturated heterocycles. The van der Waals surface area contributed by atoms with Crippen molar-refractivity contribution in [3.05, 3.63) is 23.8 Å². The number of benzene rings is 1. The number of likely N-dealkylation sites (tertiary alicyclic amines) is 2. The van der Waals surface area contributed by atoms with Crippen molar-refractivity contribution in [2.75, 3.05) is 50.7 Å². The fraction of sp³-hybridized carbons (Fsp3) is 0.680. The van der Waals surface area contributed by atoms with Gasteiger partial charge in [-0.15, -0.1) is 0 Å². The molecule has 0 unspecified atom stereocenters. The zero-order valence-electron chi connectivity index (χ0n) is 20.1. The maximum Gasteiger partial charge on any atom is 0.240 e. The van der Waals surface area contributed by atoms with Gasteiger partial charge in [-0.2, -0.15) is 0 Å². The minimum Gasteiger partial charge on any atom is -0.343 e. The molecule has 3 aliphatic rings. The number of carbonyl (C=O) groups is 2. The number of hydrogen-bond acceptors (Lipinski definition) is 5. The van der Waals surface area contributed by atoms with Crippen molar-refractivity contribution in [2.45, 2.75) is 69.1 Å². The summed E-state index contributed by atoms with van der Waals surface area (Å²) in [6, 6.07) is 5.00. The van der Waals surface area contributed by atoms with E-state index in [0.29, 0.717) is 19.5 Å². The van der Waals surface area contributed by atoms with Crippen molar-refractivity contribution in [2.24, 2.45) is 0 Å². The summed E-state index contributed by atoms with van der Waals surface area (Å²) < 4.78 is 28.4. The van der Waals surface area contributed by atoms with Gasteiger partial charge in [0.25, 0.3) is 0 Å². The van der Waals surface area contributed by atoms with Crippen LogP contribution in [0, 0.1) is 0 Å². The van der Waals surface area contributed by atoms with Crippen LogP contribution in [0.3, 0.4) is 0 Å². The highest BCUT2D eigenvalue weighted by Crippen LogP contribution is 2.31. The van der Waals surface area contributed by atoms with Gasteiger partial charge in [-0.05, 0) is 75.4 Å². The smallest absolute Gasteiger partial charge is 0.240 e. The molecule has 34 heavy (non-hydrogen) atoms. The lowest BCUT2D eigenvalue weighted by Gasteiger charge is -2.27. The number of fused-ring (bicyclic) bond motifs is 1. The second-order valence-corrected chi connectivity index (χ2v) is 11.4. The molecule has 8 nitrogen and oxygen atoms in total. The van der Waals surface area contributed by atoms with Crippen molar-refractivity contribution in [1.82, 2.24) is 14.5 Å². The molecule has 1 aromatic rings. The van der Waals surface area contributed by atoms with E-state index in [0.717, 1.165) is 56.8 Å². The molecule has 9 heteroatoms. The van der Waals surface area contributed by atoms with Gasteiger partial charge in [-0.25, -0.2) is 13.1 Å². The zero-order chi connectivity index (χ0) is 24.0. The highest BCUT2D eigenvalue weighted by molar-refractivity contribution is 7.89. The number of carbonyl (C=O) groups excluding carboxylic acids is 2. The third kappa shape index (κ3) is 6.37. The van der Waals surface area contributed by atoms with Crippen LogP contribution in [-0.4, -0.2) is 75.8 Å². The molecule has 0 aliphatic carbocycles. The summed E-state index contributed by atoms with van der Waals surface area (Å²) in [5.41, 5.74) is 1.63. The second kappa shape index (κ2) is 11.6. The van der Waals surface area contributed by atoms with Crippen molar-refractivity contribution in [3.8, 4) is 0 Å². The average molecular weight is 491 g/mol. The fourth-order valence-electron chi connectivity index (χ4n) is 5.24. The van der Waals surface area contributed by atoms with Crippen LogP contribution in [-0.2, 0) is 26.0 Å². The van der Waals surface area contributed by atoms with Crippen LogP contribution in [0.1, 0.15) is 63.4 Å². The average Bonchev–Trinajstić information content (AvgIpc) is 3.10. The molecule has 0 bridgehead atoms. The Morgan fingerprint density at radius 1 is 0.824 bits per heavy atom. The van der Waals surface area contributed by atoms with E-state index in [9.17, 15) is 18.0 Å². The second-order valence-electron chi connectivity index (χ2n) is 9.68. The maximum atomic E-state index is 12.8. The molecule has 4 rings (SSSR count). The van der Waals surface area contributed by atoms with E-state index in [1.54, 1.807) is 23.1 Å². The lowest BCUT2D eigenvalue weighted by atomic mass is 10.1. The normalized spacial score (nSPS) is 19.6. The predicted molar refractivity (Wildman–Crippen MR) is 132 cm³/mol. The molecule has 0 saturated carbocycles. The van der Waals surface area contributed by atoms with Crippen LogP contribution in [0.4, 0.5) is 5.69 Å². The summed E-state index contributed by atoms with van der Waals surface area (Å²) in [4.78, 5) is 31.4. The molecular formula is C25H38N4O4S. The van der Waals surface area contributed by atoms with E-state index in [-0.39, 0.29) is 29.6 Å². The van der Waals surface area contributed by atoms with Crippen LogP contribution >= 0.6 is 0 Å². The quantitative estimate of drug-likeness (QED) is 0.605. The van der Waals surface area contributed by atoms with Gasteiger partial charge < -0.3 is 14.7 Å². The third-order valence-electron chi connectivity index (χ3n) is 7.24. The summed E-state index contributed by atoms with van der Waals surface area (Å²) in [7, 11) is -3.59. The topological polar surface area (TPSA) is 90.0 Å². The minimum atomic E-state index is -3.59. The van der Waals surface area contributed by atoms with Gasteiger partial charge in [0.2, 0.25) is 21.8 Å².